The maximum Gasteiger partial charge on any atom is 0.243 e. The third kappa shape index (κ3) is 7.07. The Morgan fingerprint density at radius 2 is 1.61 bits per heavy atom. The average Bonchev–Trinajstić information content (AvgIpc) is 3.01. The lowest BCUT2D eigenvalue weighted by Gasteiger charge is -2.35. The molecule has 11 heteroatoms. The molecule has 0 aliphatic carbocycles. The monoisotopic (exact) mass is 622 g/mol. The SMILES string of the molecule is N[C@H](C(=O)Cc1cncc(F)c1CC[C@H]1CNCCN1S(=O)(=O)c1ccccc1)C(c1cccc(F)c1)c1cccc(F)c1. The number of hydrogen-bond acceptors (Lipinski definition) is 6. The number of Topliss-reactive ketones (excluding diaryl/α,β-unsaturated/α-hetero) is 1. The zero-order chi connectivity index (χ0) is 31.3. The van der Waals surface area contributed by atoms with Gasteiger partial charge in [0.05, 0.1) is 17.1 Å². The fraction of sp³-hybridized carbons (Fsp3) is 0.273. The smallest absolute Gasteiger partial charge is 0.243 e. The quantitative estimate of drug-likeness (QED) is 0.258. The molecule has 1 aliphatic rings. The van der Waals surface area contributed by atoms with Crippen molar-refractivity contribution >= 4 is 15.8 Å². The minimum atomic E-state index is -3.77. The molecule has 1 fully saturated rings. The molecule has 0 saturated carbocycles. The highest BCUT2D eigenvalue weighted by Gasteiger charge is 2.34. The lowest BCUT2D eigenvalue weighted by atomic mass is 9.82. The minimum absolute atomic E-state index is 0.149. The maximum absolute atomic E-state index is 15.2. The molecule has 2 atom stereocenters. The van der Waals surface area contributed by atoms with E-state index < -0.39 is 51.3 Å². The molecular formula is C33H33F3N4O3S. The van der Waals surface area contributed by atoms with Crippen molar-refractivity contribution in [2.45, 2.75) is 42.2 Å². The van der Waals surface area contributed by atoms with Crippen molar-refractivity contribution in [3.63, 3.8) is 0 Å². The van der Waals surface area contributed by atoms with E-state index in [1.807, 2.05) is 0 Å². The molecule has 1 saturated heterocycles. The van der Waals surface area contributed by atoms with Crippen molar-refractivity contribution in [3.8, 4) is 0 Å². The Kier molecular flexibility index (Phi) is 9.90. The molecule has 3 N–H and O–H groups in total. The summed E-state index contributed by atoms with van der Waals surface area (Å²) in [6.07, 6.45) is 2.64. The van der Waals surface area contributed by atoms with E-state index in [-0.39, 0.29) is 29.8 Å². The van der Waals surface area contributed by atoms with Crippen molar-refractivity contribution < 1.29 is 26.4 Å². The number of benzene rings is 3. The molecule has 1 aromatic heterocycles. The van der Waals surface area contributed by atoms with Crippen molar-refractivity contribution in [1.29, 1.82) is 0 Å². The van der Waals surface area contributed by atoms with Gasteiger partial charge in [-0.3, -0.25) is 9.78 Å². The summed E-state index contributed by atoms with van der Waals surface area (Å²) in [5.41, 5.74) is 7.86. The van der Waals surface area contributed by atoms with Gasteiger partial charge in [-0.15, -0.1) is 0 Å². The number of carbonyl (C=O) groups is 1. The number of nitrogens with zero attached hydrogens (tertiary/aromatic N) is 2. The van der Waals surface area contributed by atoms with Crippen LogP contribution >= 0.6 is 0 Å². The molecule has 230 valence electrons. The highest BCUT2D eigenvalue weighted by atomic mass is 32.2. The Morgan fingerprint density at radius 3 is 2.25 bits per heavy atom. The van der Waals surface area contributed by atoms with Gasteiger partial charge in [0.15, 0.2) is 5.78 Å². The van der Waals surface area contributed by atoms with Gasteiger partial charge in [0, 0.05) is 44.2 Å². The Labute approximate surface area is 255 Å². The number of ketones is 1. The van der Waals surface area contributed by atoms with Gasteiger partial charge in [-0.25, -0.2) is 21.6 Å². The molecule has 4 aromatic rings. The summed E-state index contributed by atoms with van der Waals surface area (Å²) in [6.45, 7) is 1.14. The van der Waals surface area contributed by atoms with Crippen molar-refractivity contribution in [2.75, 3.05) is 19.6 Å². The Bertz CT molecular complexity index is 1680. The summed E-state index contributed by atoms with van der Waals surface area (Å²) in [4.78, 5) is 17.8. The summed E-state index contributed by atoms with van der Waals surface area (Å²) in [6, 6.07) is 17.8. The predicted molar refractivity (Wildman–Crippen MR) is 161 cm³/mol. The van der Waals surface area contributed by atoms with Crippen LogP contribution < -0.4 is 11.1 Å². The van der Waals surface area contributed by atoms with Gasteiger partial charge in [-0.1, -0.05) is 42.5 Å². The molecule has 3 aromatic carbocycles. The van der Waals surface area contributed by atoms with Crippen LogP contribution in [0.1, 0.15) is 34.6 Å². The maximum atomic E-state index is 15.2. The summed E-state index contributed by atoms with van der Waals surface area (Å²) in [7, 11) is -3.77. The minimum Gasteiger partial charge on any atom is -0.321 e. The molecule has 1 aliphatic heterocycles. The first-order chi connectivity index (χ1) is 21.1. The zero-order valence-electron chi connectivity index (χ0n) is 23.9. The first-order valence-electron chi connectivity index (χ1n) is 14.3. The number of nitrogens with one attached hydrogen (secondary N) is 1. The van der Waals surface area contributed by atoms with E-state index in [4.69, 9.17) is 5.73 Å². The number of piperazine rings is 1. The van der Waals surface area contributed by atoms with Gasteiger partial charge in [0.1, 0.15) is 17.5 Å². The molecule has 0 spiro atoms. The standard InChI is InChI=1S/C33H33F3N4O3S/c34-25-8-4-6-22(16-25)32(23-7-5-9-26(35)17-23)33(37)31(41)18-24-19-39-21-30(36)29(24)13-12-27-20-38-14-15-40(27)44(42,43)28-10-2-1-3-11-28/h1-11,16-17,19,21,27,32-33,38H,12-15,18,20,37H2/t27-,33+/m0/s1. The first-order valence-corrected chi connectivity index (χ1v) is 15.8. The van der Waals surface area contributed by atoms with Gasteiger partial charge in [0.2, 0.25) is 10.0 Å². The second kappa shape index (κ2) is 13.8. The lowest BCUT2D eigenvalue weighted by Crippen LogP contribution is -2.53. The Morgan fingerprint density at radius 1 is 0.955 bits per heavy atom. The van der Waals surface area contributed by atoms with Gasteiger partial charge in [-0.05, 0) is 71.5 Å². The number of pyridine rings is 1. The topological polar surface area (TPSA) is 105 Å². The van der Waals surface area contributed by atoms with Crippen molar-refractivity contribution in [2.24, 2.45) is 5.73 Å². The largest absolute Gasteiger partial charge is 0.321 e. The first kappa shape index (κ1) is 31.5. The normalized spacial score (nSPS) is 16.6. The highest BCUT2D eigenvalue weighted by Crippen LogP contribution is 2.30. The molecule has 44 heavy (non-hydrogen) atoms. The van der Waals surface area contributed by atoms with Crippen molar-refractivity contribution in [1.82, 2.24) is 14.6 Å². The molecular weight excluding hydrogens is 589 g/mol. The molecule has 0 radical (unpaired) electrons. The molecule has 0 unspecified atom stereocenters. The number of sulfonamides is 1. The lowest BCUT2D eigenvalue weighted by molar-refractivity contribution is -0.119. The van der Waals surface area contributed by atoms with E-state index in [1.165, 1.54) is 46.9 Å². The van der Waals surface area contributed by atoms with Crippen LogP contribution in [-0.2, 0) is 27.7 Å². The van der Waals surface area contributed by atoms with E-state index in [9.17, 15) is 22.0 Å². The van der Waals surface area contributed by atoms with E-state index >= 15 is 4.39 Å². The average molecular weight is 623 g/mol. The van der Waals surface area contributed by atoms with Crippen LogP contribution in [0.25, 0.3) is 0 Å². The Hall–Kier alpha value is -3.90. The highest BCUT2D eigenvalue weighted by molar-refractivity contribution is 7.89. The summed E-state index contributed by atoms with van der Waals surface area (Å²) < 4.78 is 71.8. The van der Waals surface area contributed by atoms with Crippen LogP contribution in [0.3, 0.4) is 0 Å². The zero-order valence-corrected chi connectivity index (χ0v) is 24.7. The number of nitrogens with two attached hydrogens (primary N) is 1. The van der Waals surface area contributed by atoms with Gasteiger partial charge < -0.3 is 11.1 Å². The molecule has 2 heterocycles. The van der Waals surface area contributed by atoms with Crippen LogP contribution in [0.2, 0.25) is 0 Å². The fourth-order valence-electron chi connectivity index (χ4n) is 5.78. The number of carbonyl (C=O) groups excluding carboxylic acids is 1. The van der Waals surface area contributed by atoms with Gasteiger partial charge >= 0.3 is 0 Å². The van der Waals surface area contributed by atoms with E-state index in [2.05, 4.69) is 10.3 Å². The van der Waals surface area contributed by atoms with Gasteiger partial charge in [0.25, 0.3) is 0 Å². The van der Waals surface area contributed by atoms with Crippen LogP contribution in [0.5, 0.6) is 0 Å². The summed E-state index contributed by atoms with van der Waals surface area (Å²) in [5, 5.41) is 3.22. The van der Waals surface area contributed by atoms with Crippen LogP contribution in [-0.4, -0.2) is 55.2 Å². The van der Waals surface area contributed by atoms with E-state index in [0.717, 1.165) is 6.20 Å². The second-order valence-electron chi connectivity index (χ2n) is 10.8. The van der Waals surface area contributed by atoms with E-state index in [1.54, 1.807) is 42.5 Å². The molecule has 0 amide bonds. The number of rotatable bonds is 11. The predicted octanol–water partition coefficient (Wildman–Crippen LogP) is 4.37. The molecule has 5 rings (SSSR count). The fourth-order valence-corrected chi connectivity index (χ4v) is 7.45. The van der Waals surface area contributed by atoms with Crippen molar-refractivity contribution in [3.05, 3.63) is 131 Å². The Balaban J connectivity index is 1.37. The second-order valence-corrected chi connectivity index (χ2v) is 12.7. The summed E-state index contributed by atoms with van der Waals surface area (Å²) >= 11 is 0. The van der Waals surface area contributed by atoms with Crippen LogP contribution in [0.15, 0.2) is 96.2 Å². The third-order valence-corrected chi connectivity index (χ3v) is 9.94. The van der Waals surface area contributed by atoms with Gasteiger partial charge in [-0.2, -0.15) is 4.31 Å². The van der Waals surface area contributed by atoms with E-state index in [0.29, 0.717) is 36.2 Å². The number of hydrogen-bond donors (Lipinski definition) is 2. The van der Waals surface area contributed by atoms with Crippen LogP contribution in [0.4, 0.5) is 13.2 Å². The molecule has 0 bridgehead atoms. The summed E-state index contributed by atoms with van der Waals surface area (Å²) in [5.74, 6) is -2.99. The molecule has 7 nitrogen and oxygen atoms in total. The number of aromatic nitrogens is 1. The van der Waals surface area contributed by atoms with Crippen LogP contribution in [0, 0.1) is 17.5 Å². The number of halogens is 3. The third-order valence-electron chi connectivity index (χ3n) is 7.98.